The van der Waals surface area contributed by atoms with Crippen molar-refractivity contribution in [1.82, 2.24) is 25.4 Å². The average Bonchev–Trinajstić information content (AvgIpc) is 3.30. The number of rotatable bonds is 11. The molecule has 1 heterocycles. The number of aryl methyl sites for hydroxylation is 1. The van der Waals surface area contributed by atoms with E-state index in [0.29, 0.717) is 13.2 Å². The third kappa shape index (κ3) is 7.92. The van der Waals surface area contributed by atoms with E-state index in [1.54, 1.807) is 13.4 Å². The minimum absolute atomic E-state index is 0. The van der Waals surface area contributed by atoms with Gasteiger partial charge in [-0.15, -0.1) is 34.2 Å². The summed E-state index contributed by atoms with van der Waals surface area (Å²) >= 11 is 0. The van der Waals surface area contributed by atoms with E-state index >= 15 is 0 Å². The van der Waals surface area contributed by atoms with Gasteiger partial charge in [0.1, 0.15) is 12.9 Å². The summed E-state index contributed by atoms with van der Waals surface area (Å²) in [6.45, 7) is 6.65. The first kappa shape index (κ1) is 26.4. The number of nitrogens with one attached hydrogen (secondary N) is 2. The number of para-hydroxylation sites is 1. The number of benzene rings is 2. The number of guanidine groups is 1. The molecule has 0 fully saturated rings. The topological polar surface area (TPSA) is 85.6 Å². The summed E-state index contributed by atoms with van der Waals surface area (Å²) in [5.41, 5.74) is 2.24. The fourth-order valence-corrected chi connectivity index (χ4v) is 3.31. The smallest absolute Gasteiger partial charge is 0.191 e. The molecule has 0 unspecified atom stereocenters. The average molecular weight is 564 g/mol. The predicted octanol–water partition coefficient (Wildman–Crippen LogP) is 3.98. The van der Waals surface area contributed by atoms with E-state index in [4.69, 9.17) is 9.47 Å². The first-order chi connectivity index (χ1) is 15.7. The van der Waals surface area contributed by atoms with Gasteiger partial charge in [0.25, 0.3) is 0 Å². The van der Waals surface area contributed by atoms with Crippen LogP contribution in [0.2, 0.25) is 0 Å². The molecule has 0 saturated heterocycles. The number of hydrogen-bond donors (Lipinski definition) is 2. The van der Waals surface area contributed by atoms with Crippen LogP contribution in [0.4, 0.5) is 0 Å². The van der Waals surface area contributed by atoms with Gasteiger partial charge in [0, 0.05) is 18.8 Å². The van der Waals surface area contributed by atoms with Gasteiger partial charge >= 0.3 is 0 Å². The van der Waals surface area contributed by atoms with Crippen LogP contribution in [0.25, 0.3) is 5.69 Å². The summed E-state index contributed by atoms with van der Waals surface area (Å²) in [6, 6.07) is 16.1. The van der Waals surface area contributed by atoms with Gasteiger partial charge in [0.15, 0.2) is 23.3 Å². The number of hydrogen-bond acceptors (Lipinski definition) is 5. The Bertz CT molecular complexity index is 994. The quantitative estimate of drug-likeness (QED) is 0.159. The van der Waals surface area contributed by atoms with E-state index in [1.165, 1.54) is 5.56 Å². The van der Waals surface area contributed by atoms with Crippen molar-refractivity contribution in [2.24, 2.45) is 4.99 Å². The summed E-state index contributed by atoms with van der Waals surface area (Å²) in [5, 5.41) is 15.0. The number of halogens is 1. The van der Waals surface area contributed by atoms with E-state index < -0.39 is 0 Å². The van der Waals surface area contributed by atoms with Crippen molar-refractivity contribution in [3.05, 3.63) is 66.2 Å². The Labute approximate surface area is 212 Å². The zero-order chi connectivity index (χ0) is 22.6. The highest BCUT2D eigenvalue weighted by Gasteiger charge is 2.07. The highest BCUT2D eigenvalue weighted by Crippen LogP contribution is 2.28. The molecule has 2 aromatic carbocycles. The third-order valence-electron chi connectivity index (χ3n) is 4.84. The second-order valence-corrected chi connectivity index (χ2v) is 7.10. The van der Waals surface area contributed by atoms with Gasteiger partial charge in [-0.2, -0.15) is 0 Å². The Morgan fingerprint density at radius 1 is 1.06 bits per heavy atom. The van der Waals surface area contributed by atoms with Crippen molar-refractivity contribution < 1.29 is 9.47 Å². The molecule has 0 aliphatic carbocycles. The molecule has 33 heavy (non-hydrogen) atoms. The molecule has 9 heteroatoms. The molecule has 0 amide bonds. The van der Waals surface area contributed by atoms with Crippen LogP contribution in [-0.4, -0.2) is 47.5 Å². The largest absolute Gasteiger partial charge is 0.493 e. The molecule has 0 atom stereocenters. The van der Waals surface area contributed by atoms with Gasteiger partial charge in [0.2, 0.25) is 0 Å². The summed E-state index contributed by atoms with van der Waals surface area (Å²) in [6.07, 6.45) is 3.60. The maximum atomic E-state index is 5.67. The molecule has 3 aromatic rings. The van der Waals surface area contributed by atoms with Crippen LogP contribution in [0.15, 0.2) is 59.9 Å². The van der Waals surface area contributed by atoms with Gasteiger partial charge < -0.3 is 20.1 Å². The molecule has 0 saturated carbocycles. The Morgan fingerprint density at radius 2 is 1.88 bits per heavy atom. The van der Waals surface area contributed by atoms with Crippen LogP contribution in [0, 0.1) is 0 Å². The number of ether oxygens (including phenoxy) is 2. The normalized spacial score (nSPS) is 10.9. The van der Waals surface area contributed by atoms with Gasteiger partial charge in [-0.05, 0) is 56.5 Å². The molecule has 0 aliphatic rings. The summed E-state index contributed by atoms with van der Waals surface area (Å²) in [7, 11) is 1.66. The third-order valence-corrected chi connectivity index (χ3v) is 4.84. The highest BCUT2D eigenvalue weighted by molar-refractivity contribution is 14.0. The molecule has 1 aromatic heterocycles. The van der Waals surface area contributed by atoms with E-state index in [2.05, 4.69) is 44.9 Å². The Balaban J connectivity index is 0.00000385. The zero-order valence-electron chi connectivity index (χ0n) is 19.5. The van der Waals surface area contributed by atoms with Crippen molar-refractivity contribution in [2.45, 2.75) is 33.2 Å². The number of aliphatic imine (C=N–C) groups is 1. The van der Waals surface area contributed by atoms with Crippen LogP contribution in [0.3, 0.4) is 0 Å². The molecule has 0 spiro atoms. The first-order valence-corrected chi connectivity index (χ1v) is 11.0. The van der Waals surface area contributed by atoms with Gasteiger partial charge in [0.05, 0.1) is 13.7 Å². The van der Waals surface area contributed by atoms with Crippen molar-refractivity contribution in [2.75, 3.05) is 26.8 Å². The van der Waals surface area contributed by atoms with Gasteiger partial charge in [-0.25, -0.2) is 4.99 Å². The molecule has 0 bridgehead atoms. The maximum absolute atomic E-state index is 5.67. The molecule has 3 rings (SSSR count). The SMILES string of the molecule is CCNC(=NCc1nncn1-c1ccccc1)NCCCc1ccc(OC)c(OCC)c1.I. The second-order valence-electron chi connectivity index (χ2n) is 7.10. The van der Waals surface area contributed by atoms with Crippen LogP contribution >= 0.6 is 24.0 Å². The van der Waals surface area contributed by atoms with Crippen molar-refractivity contribution in [3.8, 4) is 17.2 Å². The minimum Gasteiger partial charge on any atom is -0.493 e. The van der Waals surface area contributed by atoms with Gasteiger partial charge in [-0.3, -0.25) is 4.57 Å². The molecule has 178 valence electrons. The fraction of sp³-hybridized carbons (Fsp3) is 0.375. The summed E-state index contributed by atoms with van der Waals surface area (Å²) in [5.74, 6) is 3.10. The van der Waals surface area contributed by atoms with Gasteiger partial charge in [-0.1, -0.05) is 24.3 Å². The Morgan fingerprint density at radius 3 is 2.61 bits per heavy atom. The van der Waals surface area contributed by atoms with E-state index in [1.807, 2.05) is 47.9 Å². The zero-order valence-corrected chi connectivity index (χ0v) is 21.8. The summed E-state index contributed by atoms with van der Waals surface area (Å²) in [4.78, 5) is 4.68. The first-order valence-electron chi connectivity index (χ1n) is 11.0. The number of methoxy groups -OCH3 is 1. The lowest BCUT2D eigenvalue weighted by Crippen LogP contribution is -2.38. The molecular weight excluding hydrogens is 531 g/mol. The van der Waals surface area contributed by atoms with Crippen molar-refractivity contribution >= 4 is 29.9 Å². The minimum atomic E-state index is 0. The van der Waals surface area contributed by atoms with Crippen LogP contribution < -0.4 is 20.1 Å². The van der Waals surface area contributed by atoms with Crippen LogP contribution in [0.5, 0.6) is 11.5 Å². The van der Waals surface area contributed by atoms with E-state index in [0.717, 1.165) is 54.9 Å². The van der Waals surface area contributed by atoms with E-state index in [-0.39, 0.29) is 24.0 Å². The predicted molar refractivity (Wildman–Crippen MR) is 142 cm³/mol. The highest BCUT2D eigenvalue weighted by atomic mass is 127. The summed E-state index contributed by atoms with van der Waals surface area (Å²) < 4.78 is 13.0. The fourth-order valence-electron chi connectivity index (χ4n) is 3.31. The monoisotopic (exact) mass is 564 g/mol. The second kappa shape index (κ2) is 14.4. The molecule has 8 nitrogen and oxygen atoms in total. The van der Waals surface area contributed by atoms with Crippen LogP contribution in [-0.2, 0) is 13.0 Å². The lowest BCUT2D eigenvalue weighted by molar-refractivity contribution is 0.310. The Kier molecular flexibility index (Phi) is 11.5. The molecule has 0 aliphatic heterocycles. The molecule has 2 N–H and O–H groups in total. The van der Waals surface area contributed by atoms with E-state index in [9.17, 15) is 0 Å². The van der Waals surface area contributed by atoms with Crippen molar-refractivity contribution in [3.63, 3.8) is 0 Å². The lowest BCUT2D eigenvalue weighted by Gasteiger charge is -2.13. The van der Waals surface area contributed by atoms with Crippen LogP contribution in [0.1, 0.15) is 31.7 Å². The standard InChI is InChI=1S/C24H32N6O2.HI/c1-4-25-24(27-17-23-29-28-18-30(23)20-11-7-6-8-12-20)26-15-9-10-19-13-14-21(31-3)22(16-19)32-5-2;/h6-8,11-14,16,18H,4-5,9-10,15,17H2,1-3H3,(H2,25,26,27);1H. The maximum Gasteiger partial charge on any atom is 0.191 e. The van der Waals surface area contributed by atoms with Crippen molar-refractivity contribution in [1.29, 1.82) is 0 Å². The number of aromatic nitrogens is 3. The molecular formula is C24H33IN6O2. The lowest BCUT2D eigenvalue weighted by atomic mass is 10.1. The Hall–Kier alpha value is -2.82. The molecule has 0 radical (unpaired) electrons. The number of nitrogens with zero attached hydrogens (tertiary/aromatic N) is 4.